The molecule has 0 aliphatic carbocycles. The number of benzene rings is 1. The van der Waals surface area contributed by atoms with Crippen LogP contribution in [-0.4, -0.2) is 58.0 Å². The van der Waals surface area contributed by atoms with Crippen molar-refractivity contribution in [2.45, 2.75) is 6.54 Å². The van der Waals surface area contributed by atoms with Crippen molar-refractivity contribution in [1.29, 1.82) is 0 Å². The van der Waals surface area contributed by atoms with E-state index in [1.165, 1.54) is 5.52 Å². The monoisotopic (exact) mass is 287 g/mol. The minimum atomic E-state index is -0.251. The standard InChI is InChI=1S/C15H21N5O/c1-18-13-5-3-2-4-12(13)17-15(18)11-20-8-6-19(7-9-20)10-14(16)21/h2-5H,6-11H2,1H3,(H2,16,21). The largest absolute Gasteiger partial charge is 0.369 e. The second-order valence-electron chi connectivity index (χ2n) is 5.59. The van der Waals surface area contributed by atoms with Crippen molar-refractivity contribution in [2.24, 2.45) is 12.8 Å². The summed E-state index contributed by atoms with van der Waals surface area (Å²) in [5.74, 6) is 0.832. The number of nitrogens with two attached hydrogens (primary N) is 1. The van der Waals surface area contributed by atoms with E-state index in [0.717, 1.165) is 44.1 Å². The molecule has 3 rings (SSSR count). The second kappa shape index (κ2) is 5.83. The molecule has 1 fully saturated rings. The number of hydrogen-bond acceptors (Lipinski definition) is 4. The zero-order valence-electron chi connectivity index (χ0n) is 12.3. The number of imidazole rings is 1. The first-order valence-corrected chi connectivity index (χ1v) is 7.27. The van der Waals surface area contributed by atoms with Crippen molar-refractivity contribution in [3.63, 3.8) is 0 Å². The lowest BCUT2D eigenvalue weighted by Crippen LogP contribution is -2.48. The summed E-state index contributed by atoms with van der Waals surface area (Å²) in [4.78, 5) is 20.1. The predicted octanol–water partition coefficient (Wildman–Crippen LogP) is 0.176. The van der Waals surface area contributed by atoms with Crippen LogP contribution in [0.5, 0.6) is 0 Å². The normalized spacial score (nSPS) is 17.4. The molecule has 1 aromatic carbocycles. The van der Waals surface area contributed by atoms with E-state index in [4.69, 9.17) is 10.7 Å². The summed E-state index contributed by atoms with van der Waals surface area (Å²) >= 11 is 0. The van der Waals surface area contributed by atoms with Crippen LogP contribution in [0.3, 0.4) is 0 Å². The van der Waals surface area contributed by atoms with Crippen LogP contribution in [0.25, 0.3) is 11.0 Å². The summed E-state index contributed by atoms with van der Waals surface area (Å²) in [5, 5.41) is 0. The number of fused-ring (bicyclic) bond motifs is 1. The zero-order valence-corrected chi connectivity index (χ0v) is 12.3. The van der Waals surface area contributed by atoms with Crippen LogP contribution in [0.1, 0.15) is 5.82 Å². The van der Waals surface area contributed by atoms with E-state index in [2.05, 4.69) is 27.5 Å². The molecule has 1 amide bonds. The van der Waals surface area contributed by atoms with Gasteiger partial charge in [-0.1, -0.05) is 12.1 Å². The van der Waals surface area contributed by atoms with E-state index in [1.807, 2.05) is 18.2 Å². The molecule has 1 aliphatic rings. The Kier molecular flexibility index (Phi) is 3.90. The predicted molar refractivity (Wildman–Crippen MR) is 81.6 cm³/mol. The van der Waals surface area contributed by atoms with Gasteiger partial charge < -0.3 is 10.3 Å². The number of carbonyl (C=O) groups excluding carboxylic acids is 1. The highest BCUT2D eigenvalue weighted by Crippen LogP contribution is 2.16. The Hall–Kier alpha value is -1.92. The third-order valence-electron chi connectivity index (χ3n) is 4.09. The molecule has 0 unspecified atom stereocenters. The van der Waals surface area contributed by atoms with Crippen LogP contribution in [0.15, 0.2) is 24.3 Å². The van der Waals surface area contributed by atoms with Crippen LogP contribution < -0.4 is 5.73 Å². The van der Waals surface area contributed by atoms with Gasteiger partial charge in [-0.3, -0.25) is 14.6 Å². The van der Waals surface area contributed by atoms with Gasteiger partial charge in [0, 0.05) is 33.2 Å². The van der Waals surface area contributed by atoms with E-state index >= 15 is 0 Å². The molecule has 2 N–H and O–H groups in total. The van der Waals surface area contributed by atoms with Gasteiger partial charge in [-0.05, 0) is 12.1 Å². The molecule has 1 aromatic heterocycles. The molecule has 2 heterocycles. The molecule has 0 saturated carbocycles. The van der Waals surface area contributed by atoms with E-state index in [0.29, 0.717) is 6.54 Å². The molecule has 0 atom stereocenters. The number of para-hydroxylation sites is 2. The van der Waals surface area contributed by atoms with Crippen molar-refractivity contribution in [2.75, 3.05) is 32.7 Å². The van der Waals surface area contributed by atoms with Gasteiger partial charge in [0.15, 0.2) is 0 Å². The Labute approximate surface area is 124 Å². The second-order valence-corrected chi connectivity index (χ2v) is 5.59. The molecule has 0 radical (unpaired) electrons. The van der Waals surface area contributed by atoms with E-state index in [1.54, 1.807) is 0 Å². The third-order valence-corrected chi connectivity index (χ3v) is 4.09. The summed E-state index contributed by atoms with van der Waals surface area (Å²) in [7, 11) is 2.06. The fourth-order valence-electron chi connectivity index (χ4n) is 2.86. The minimum Gasteiger partial charge on any atom is -0.369 e. The van der Waals surface area contributed by atoms with E-state index in [-0.39, 0.29) is 5.91 Å². The molecule has 21 heavy (non-hydrogen) atoms. The molecule has 0 bridgehead atoms. The number of hydrogen-bond donors (Lipinski definition) is 1. The first-order valence-electron chi connectivity index (χ1n) is 7.27. The Morgan fingerprint density at radius 2 is 1.86 bits per heavy atom. The lowest BCUT2D eigenvalue weighted by Gasteiger charge is -2.33. The maximum absolute atomic E-state index is 10.9. The Morgan fingerprint density at radius 3 is 2.52 bits per heavy atom. The number of aromatic nitrogens is 2. The summed E-state index contributed by atoms with van der Waals surface area (Å²) in [5.41, 5.74) is 7.45. The molecule has 6 nitrogen and oxygen atoms in total. The quantitative estimate of drug-likeness (QED) is 0.871. The van der Waals surface area contributed by atoms with Gasteiger partial charge in [0.2, 0.25) is 5.91 Å². The van der Waals surface area contributed by atoms with Gasteiger partial charge in [-0.25, -0.2) is 4.98 Å². The molecule has 1 saturated heterocycles. The van der Waals surface area contributed by atoms with Crippen molar-refractivity contribution < 1.29 is 4.79 Å². The number of amides is 1. The summed E-state index contributed by atoms with van der Waals surface area (Å²) in [6.45, 7) is 4.85. The van der Waals surface area contributed by atoms with Crippen molar-refractivity contribution in [3.8, 4) is 0 Å². The maximum Gasteiger partial charge on any atom is 0.231 e. The minimum absolute atomic E-state index is 0.251. The lowest BCUT2D eigenvalue weighted by atomic mass is 10.3. The topological polar surface area (TPSA) is 67.4 Å². The highest BCUT2D eigenvalue weighted by molar-refractivity contribution is 5.76. The Balaban J connectivity index is 1.64. The summed E-state index contributed by atoms with van der Waals surface area (Å²) in [6.07, 6.45) is 0. The molecule has 1 aliphatic heterocycles. The first kappa shape index (κ1) is 14.0. The van der Waals surface area contributed by atoms with Crippen LogP contribution in [-0.2, 0) is 18.4 Å². The van der Waals surface area contributed by atoms with Crippen LogP contribution in [0.2, 0.25) is 0 Å². The highest BCUT2D eigenvalue weighted by Gasteiger charge is 2.19. The van der Waals surface area contributed by atoms with Crippen molar-refractivity contribution in [1.82, 2.24) is 19.4 Å². The van der Waals surface area contributed by atoms with E-state index < -0.39 is 0 Å². The van der Waals surface area contributed by atoms with Gasteiger partial charge >= 0.3 is 0 Å². The van der Waals surface area contributed by atoms with Gasteiger partial charge in [0.1, 0.15) is 5.82 Å². The SMILES string of the molecule is Cn1c(CN2CCN(CC(N)=O)CC2)nc2ccccc21. The first-order chi connectivity index (χ1) is 10.1. The zero-order chi connectivity index (χ0) is 14.8. The van der Waals surface area contributed by atoms with Gasteiger partial charge in [-0.2, -0.15) is 0 Å². The van der Waals surface area contributed by atoms with Crippen molar-refractivity contribution >= 4 is 16.9 Å². The summed E-state index contributed by atoms with van der Waals surface area (Å²) in [6, 6.07) is 8.19. The van der Waals surface area contributed by atoms with Crippen LogP contribution >= 0.6 is 0 Å². The third kappa shape index (κ3) is 3.06. The van der Waals surface area contributed by atoms with Crippen molar-refractivity contribution in [3.05, 3.63) is 30.1 Å². The Morgan fingerprint density at radius 1 is 1.19 bits per heavy atom. The van der Waals surface area contributed by atoms with E-state index in [9.17, 15) is 4.79 Å². The fraction of sp³-hybridized carbons (Fsp3) is 0.467. The van der Waals surface area contributed by atoms with Gasteiger partial charge in [0.05, 0.1) is 24.1 Å². The number of aryl methyl sites for hydroxylation is 1. The Bertz CT molecular complexity index is 643. The molecule has 0 spiro atoms. The molecular formula is C15H21N5O. The average molecular weight is 287 g/mol. The van der Waals surface area contributed by atoms with Gasteiger partial charge in [-0.15, -0.1) is 0 Å². The smallest absolute Gasteiger partial charge is 0.231 e. The van der Waals surface area contributed by atoms with Crippen LogP contribution in [0, 0.1) is 0 Å². The number of carbonyl (C=O) groups is 1. The number of primary amides is 1. The lowest BCUT2D eigenvalue weighted by molar-refractivity contribution is -0.119. The fourth-order valence-corrected chi connectivity index (χ4v) is 2.86. The van der Waals surface area contributed by atoms with Crippen LogP contribution in [0.4, 0.5) is 0 Å². The maximum atomic E-state index is 10.9. The summed E-state index contributed by atoms with van der Waals surface area (Å²) < 4.78 is 2.16. The number of nitrogens with zero attached hydrogens (tertiary/aromatic N) is 4. The number of piperazine rings is 1. The molecule has 112 valence electrons. The van der Waals surface area contributed by atoms with Gasteiger partial charge in [0.25, 0.3) is 0 Å². The highest BCUT2D eigenvalue weighted by atomic mass is 16.1. The molecule has 6 heteroatoms. The number of rotatable bonds is 4. The molecular weight excluding hydrogens is 266 g/mol. The molecule has 2 aromatic rings. The average Bonchev–Trinajstić information content (AvgIpc) is 2.78.